The quantitative estimate of drug-likeness (QED) is 0.531. The van der Waals surface area contributed by atoms with Gasteiger partial charge >= 0.3 is 0 Å². The Bertz CT molecular complexity index is 1040. The number of nitrogens with one attached hydrogen (secondary N) is 2. The van der Waals surface area contributed by atoms with E-state index in [1.54, 1.807) is 48.7 Å². The van der Waals surface area contributed by atoms with Crippen LogP contribution in [0.25, 0.3) is 0 Å². The average molecular weight is 404 g/mol. The minimum Gasteiger partial charge on any atom is -0.484 e. The molecule has 8 nitrogen and oxygen atoms in total. The molecule has 0 radical (unpaired) electrons. The Morgan fingerprint density at radius 2 is 1.73 bits per heavy atom. The van der Waals surface area contributed by atoms with Gasteiger partial charge in [-0.2, -0.15) is 0 Å². The molecule has 0 saturated carbocycles. The Morgan fingerprint density at radius 3 is 2.43 bits per heavy atom. The van der Waals surface area contributed by atoms with Gasteiger partial charge in [-0.15, -0.1) is 0 Å². The van der Waals surface area contributed by atoms with Crippen LogP contribution in [0.3, 0.4) is 0 Å². The Kier molecular flexibility index (Phi) is 6.73. The number of hydrogen-bond acceptors (Lipinski definition) is 5. The fourth-order valence-corrected chi connectivity index (χ4v) is 2.58. The summed E-state index contributed by atoms with van der Waals surface area (Å²) >= 11 is 0. The molecule has 0 aliphatic heterocycles. The lowest BCUT2D eigenvalue weighted by atomic mass is 10.2. The Labute approximate surface area is 173 Å². The number of pyridine rings is 1. The molecule has 0 aliphatic carbocycles. The molecule has 0 fully saturated rings. The summed E-state index contributed by atoms with van der Waals surface area (Å²) in [5.41, 5.74) is 7.16. The van der Waals surface area contributed by atoms with Gasteiger partial charge in [-0.05, 0) is 54.6 Å². The zero-order chi connectivity index (χ0) is 21.3. The molecule has 3 amide bonds. The van der Waals surface area contributed by atoms with Crippen molar-refractivity contribution in [1.82, 2.24) is 10.3 Å². The normalized spacial score (nSPS) is 10.1. The maximum absolute atomic E-state index is 12.3. The van der Waals surface area contributed by atoms with Gasteiger partial charge in [0.15, 0.2) is 6.61 Å². The van der Waals surface area contributed by atoms with Crippen molar-refractivity contribution in [2.24, 2.45) is 5.73 Å². The van der Waals surface area contributed by atoms with Crippen molar-refractivity contribution >= 4 is 23.4 Å². The molecule has 0 aliphatic rings. The van der Waals surface area contributed by atoms with E-state index in [1.807, 2.05) is 12.1 Å². The number of ether oxygens (including phenoxy) is 1. The van der Waals surface area contributed by atoms with Crippen molar-refractivity contribution < 1.29 is 19.1 Å². The Hall–Kier alpha value is -4.20. The first-order valence-corrected chi connectivity index (χ1v) is 9.12. The number of nitrogens with zero attached hydrogens (tertiary/aromatic N) is 1. The largest absolute Gasteiger partial charge is 0.484 e. The van der Waals surface area contributed by atoms with E-state index in [0.717, 1.165) is 5.69 Å². The van der Waals surface area contributed by atoms with Crippen molar-refractivity contribution in [3.8, 4) is 5.75 Å². The second-order valence-corrected chi connectivity index (χ2v) is 6.31. The van der Waals surface area contributed by atoms with Crippen LogP contribution in [0.5, 0.6) is 5.75 Å². The summed E-state index contributed by atoms with van der Waals surface area (Å²) < 4.78 is 5.39. The molecule has 2 aromatic carbocycles. The highest BCUT2D eigenvalue weighted by Crippen LogP contribution is 2.13. The minimum absolute atomic E-state index is 0.230. The van der Waals surface area contributed by atoms with Crippen molar-refractivity contribution in [3.05, 3.63) is 89.7 Å². The number of anilines is 1. The first kappa shape index (κ1) is 20.5. The molecule has 0 saturated heterocycles. The molecular formula is C22H20N4O4. The molecule has 3 aromatic rings. The van der Waals surface area contributed by atoms with Crippen LogP contribution < -0.4 is 21.1 Å². The number of amides is 3. The van der Waals surface area contributed by atoms with E-state index in [0.29, 0.717) is 29.1 Å². The predicted molar refractivity (Wildman–Crippen MR) is 111 cm³/mol. The van der Waals surface area contributed by atoms with Crippen LogP contribution in [0, 0.1) is 0 Å². The Balaban J connectivity index is 1.51. The van der Waals surface area contributed by atoms with Crippen LogP contribution in [0.2, 0.25) is 0 Å². The van der Waals surface area contributed by atoms with Crippen LogP contribution in [-0.2, 0) is 11.3 Å². The third-order valence-electron chi connectivity index (χ3n) is 4.07. The van der Waals surface area contributed by atoms with Gasteiger partial charge < -0.3 is 21.1 Å². The van der Waals surface area contributed by atoms with Crippen LogP contribution >= 0.6 is 0 Å². The van der Waals surface area contributed by atoms with Gasteiger partial charge in [-0.25, -0.2) is 0 Å². The Morgan fingerprint density at radius 1 is 0.933 bits per heavy atom. The maximum atomic E-state index is 12.3. The number of hydrogen-bond donors (Lipinski definition) is 3. The summed E-state index contributed by atoms with van der Waals surface area (Å²) in [4.78, 5) is 39.7. The van der Waals surface area contributed by atoms with Crippen molar-refractivity contribution in [3.63, 3.8) is 0 Å². The van der Waals surface area contributed by atoms with Gasteiger partial charge in [-0.1, -0.05) is 12.1 Å². The van der Waals surface area contributed by atoms with Crippen LogP contribution in [0.1, 0.15) is 26.4 Å². The third-order valence-corrected chi connectivity index (χ3v) is 4.07. The second-order valence-electron chi connectivity index (χ2n) is 6.31. The first-order valence-electron chi connectivity index (χ1n) is 9.12. The minimum atomic E-state index is -0.539. The van der Waals surface area contributed by atoms with Gasteiger partial charge in [0, 0.05) is 23.0 Å². The summed E-state index contributed by atoms with van der Waals surface area (Å²) in [7, 11) is 0. The highest BCUT2D eigenvalue weighted by atomic mass is 16.5. The summed E-state index contributed by atoms with van der Waals surface area (Å²) in [6.07, 6.45) is 1.66. The number of carbonyl (C=O) groups is 3. The topological polar surface area (TPSA) is 123 Å². The molecule has 1 heterocycles. The zero-order valence-corrected chi connectivity index (χ0v) is 16.0. The van der Waals surface area contributed by atoms with E-state index in [1.165, 1.54) is 12.1 Å². The zero-order valence-electron chi connectivity index (χ0n) is 16.0. The van der Waals surface area contributed by atoms with E-state index < -0.39 is 5.91 Å². The monoisotopic (exact) mass is 404 g/mol. The summed E-state index contributed by atoms with van der Waals surface area (Å²) in [5, 5.41) is 5.46. The molecule has 4 N–H and O–H groups in total. The van der Waals surface area contributed by atoms with Crippen LogP contribution in [0.15, 0.2) is 72.9 Å². The van der Waals surface area contributed by atoms with E-state index in [4.69, 9.17) is 10.5 Å². The van der Waals surface area contributed by atoms with Crippen LogP contribution in [0.4, 0.5) is 5.69 Å². The molecule has 1 aromatic heterocycles. The fraction of sp³-hybridized carbons (Fsp3) is 0.0909. The van der Waals surface area contributed by atoms with Crippen LogP contribution in [-0.4, -0.2) is 29.3 Å². The predicted octanol–water partition coefficient (Wildman–Crippen LogP) is 2.13. The van der Waals surface area contributed by atoms with Gasteiger partial charge in [0.2, 0.25) is 5.91 Å². The molecule has 0 spiro atoms. The fourth-order valence-electron chi connectivity index (χ4n) is 2.58. The molecule has 0 atom stereocenters. The maximum Gasteiger partial charge on any atom is 0.262 e. The van der Waals surface area contributed by atoms with Gasteiger partial charge in [0.25, 0.3) is 11.8 Å². The molecule has 0 unspecified atom stereocenters. The lowest BCUT2D eigenvalue weighted by Gasteiger charge is -2.09. The summed E-state index contributed by atoms with van der Waals surface area (Å²) in [6.45, 7) is 0.0741. The van der Waals surface area contributed by atoms with Gasteiger partial charge in [-0.3, -0.25) is 19.4 Å². The first-order chi connectivity index (χ1) is 14.5. The number of benzene rings is 2. The summed E-state index contributed by atoms with van der Waals surface area (Å²) in [6, 6.07) is 18.2. The number of primary amides is 1. The van der Waals surface area contributed by atoms with E-state index in [9.17, 15) is 14.4 Å². The SMILES string of the molecule is NC(=O)c1ccc(OCC(=O)Nc2cccc(C(=O)NCc3ccccn3)c2)cc1. The van der Waals surface area contributed by atoms with Crippen molar-refractivity contribution in [1.29, 1.82) is 0 Å². The average Bonchev–Trinajstić information content (AvgIpc) is 2.77. The molecule has 8 heteroatoms. The van der Waals surface area contributed by atoms with Gasteiger partial charge in [0.05, 0.1) is 12.2 Å². The molecule has 152 valence electrons. The highest BCUT2D eigenvalue weighted by Gasteiger charge is 2.09. The molecule has 3 rings (SSSR count). The van der Waals surface area contributed by atoms with Crippen molar-refractivity contribution in [2.75, 3.05) is 11.9 Å². The number of carbonyl (C=O) groups excluding carboxylic acids is 3. The molecule has 30 heavy (non-hydrogen) atoms. The standard InChI is InChI=1S/C22H20N4O4/c23-21(28)15-7-9-19(10-8-15)30-14-20(27)26-17-6-3-4-16(12-17)22(29)25-13-18-5-1-2-11-24-18/h1-12H,13-14H2,(H2,23,28)(H,25,29)(H,26,27). The highest BCUT2D eigenvalue weighted by molar-refractivity contribution is 5.97. The number of rotatable bonds is 8. The van der Waals surface area contributed by atoms with Crippen molar-refractivity contribution in [2.45, 2.75) is 6.54 Å². The smallest absolute Gasteiger partial charge is 0.262 e. The molecular weight excluding hydrogens is 384 g/mol. The number of aromatic nitrogens is 1. The van der Waals surface area contributed by atoms with Gasteiger partial charge in [0.1, 0.15) is 5.75 Å². The second kappa shape index (κ2) is 9.83. The van der Waals surface area contributed by atoms with E-state index in [-0.39, 0.29) is 18.4 Å². The summed E-state index contributed by atoms with van der Waals surface area (Å²) in [5.74, 6) is -0.774. The molecule has 0 bridgehead atoms. The lowest BCUT2D eigenvalue weighted by molar-refractivity contribution is -0.118. The lowest BCUT2D eigenvalue weighted by Crippen LogP contribution is -2.24. The third kappa shape index (κ3) is 5.90. The van der Waals surface area contributed by atoms with E-state index in [2.05, 4.69) is 15.6 Å². The van der Waals surface area contributed by atoms with E-state index >= 15 is 0 Å². The number of nitrogens with two attached hydrogens (primary N) is 1.